The van der Waals surface area contributed by atoms with E-state index in [-0.39, 0.29) is 0 Å². The molecule has 4 aromatic rings. The van der Waals surface area contributed by atoms with E-state index in [9.17, 15) is 0 Å². The molecule has 0 bridgehead atoms. The molecule has 0 saturated carbocycles. The van der Waals surface area contributed by atoms with Crippen LogP contribution in [0.1, 0.15) is 0 Å². The van der Waals surface area contributed by atoms with Crippen molar-refractivity contribution in [1.29, 1.82) is 0 Å². The van der Waals surface area contributed by atoms with Gasteiger partial charge in [0.15, 0.2) is 0 Å². The van der Waals surface area contributed by atoms with Crippen LogP contribution in [-0.4, -0.2) is 0 Å². The van der Waals surface area contributed by atoms with Gasteiger partial charge in [-0.05, 0) is 30.3 Å². The van der Waals surface area contributed by atoms with Gasteiger partial charge in [0.25, 0.3) is 0 Å². The van der Waals surface area contributed by atoms with Crippen LogP contribution < -0.4 is 15.6 Å². The number of fused-ring (bicyclic) bond motifs is 2. The fraction of sp³-hybridized carbons (Fsp3) is 0.0500. The Labute approximate surface area is 135 Å². The van der Waals surface area contributed by atoms with E-state index in [1.807, 2.05) is 30.3 Å². The number of anilines is 3. The topological polar surface area (TPSA) is 41.9 Å². The molecule has 0 unspecified atom stereocenters. The van der Waals surface area contributed by atoms with Crippen LogP contribution in [0, 0.1) is 0 Å². The first-order valence-electron chi connectivity index (χ1n) is 7.66. The maximum absolute atomic E-state index is 6.04. The van der Waals surface area contributed by atoms with Crippen LogP contribution in [0.25, 0.3) is 21.8 Å². The first-order valence-corrected chi connectivity index (χ1v) is 7.66. The van der Waals surface area contributed by atoms with Gasteiger partial charge in [-0.1, -0.05) is 30.3 Å². The molecule has 3 nitrogen and oxygen atoms in total. The average Bonchev–Trinajstić information content (AvgIpc) is 2.59. The second-order valence-corrected chi connectivity index (χ2v) is 5.72. The lowest BCUT2D eigenvalue weighted by Crippen LogP contribution is -2.30. The molecule has 3 heteroatoms. The van der Waals surface area contributed by atoms with Gasteiger partial charge < -0.3 is 11.1 Å². The molecule has 0 aliphatic rings. The highest BCUT2D eigenvalue weighted by Crippen LogP contribution is 2.32. The Kier molecular flexibility index (Phi) is 3.12. The molecule has 0 aliphatic carbocycles. The van der Waals surface area contributed by atoms with Gasteiger partial charge in [-0.25, -0.2) is 0 Å². The van der Waals surface area contributed by atoms with E-state index in [0.717, 1.165) is 28.0 Å². The van der Waals surface area contributed by atoms with Crippen molar-refractivity contribution in [3.8, 4) is 0 Å². The molecule has 1 aromatic heterocycles. The highest BCUT2D eigenvalue weighted by molar-refractivity contribution is 6.07. The molecule has 0 fully saturated rings. The fourth-order valence-corrected chi connectivity index (χ4v) is 3.10. The molecular formula is C20H18N3+. The minimum atomic E-state index is 0.767. The van der Waals surface area contributed by atoms with E-state index in [1.54, 1.807) is 0 Å². The zero-order chi connectivity index (χ0) is 15.8. The molecule has 1 heterocycles. The lowest BCUT2D eigenvalue weighted by molar-refractivity contribution is -0.617. The number of nitrogens with one attached hydrogen (secondary N) is 1. The van der Waals surface area contributed by atoms with E-state index >= 15 is 0 Å². The largest absolute Gasteiger partial charge is 0.399 e. The molecule has 3 aromatic carbocycles. The minimum Gasteiger partial charge on any atom is -0.399 e. The summed E-state index contributed by atoms with van der Waals surface area (Å²) in [5, 5.41) is 5.87. The molecule has 0 amide bonds. The third-order valence-corrected chi connectivity index (χ3v) is 4.23. The first-order chi connectivity index (χ1) is 11.2. The molecule has 112 valence electrons. The molecular weight excluding hydrogens is 282 g/mol. The van der Waals surface area contributed by atoms with Gasteiger partial charge in [0.1, 0.15) is 7.05 Å². The number of pyridine rings is 1. The van der Waals surface area contributed by atoms with Crippen LogP contribution in [0.2, 0.25) is 0 Å². The molecule has 0 spiro atoms. The van der Waals surface area contributed by atoms with Crippen LogP contribution in [0.5, 0.6) is 0 Å². The average molecular weight is 300 g/mol. The summed E-state index contributed by atoms with van der Waals surface area (Å²) < 4.78 is 2.21. The van der Waals surface area contributed by atoms with Gasteiger partial charge in [-0.3, -0.25) is 0 Å². The molecule has 0 aliphatic heterocycles. The van der Waals surface area contributed by atoms with Crippen LogP contribution in [0.4, 0.5) is 17.1 Å². The van der Waals surface area contributed by atoms with Crippen molar-refractivity contribution in [3.05, 3.63) is 72.8 Å². The molecule has 0 radical (unpaired) electrons. The monoisotopic (exact) mass is 300 g/mol. The molecule has 23 heavy (non-hydrogen) atoms. The third kappa shape index (κ3) is 2.27. The zero-order valence-electron chi connectivity index (χ0n) is 13.0. The number of rotatable bonds is 2. The maximum atomic E-state index is 6.04. The molecule has 0 saturated heterocycles. The summed E-state index contributed by atoms with van der Waals surface area (Å²) in [4.78, 5) is 0. The van der Waals surface area contributed by atoms with E-state index in [0.29, 0.717) is 0 Å². The second kappa shape index (κ2) is 5.29. The van der Waals surface area contributed by atoms with Crippen molar-refractivity contribution in [2.75, 3.05) is 11.1 Å². The lowest BCUT2D eigenvalue weighted by atomic mass is 10.1. The number of hydrogen-bond donors (Lipinski definition) is 2. The highest BCUT2D eigenvalue weighted by Gasteiger charge is 2.17. The Morgan fingerprint density at radius 2 is 1.48 bits per heavy atom. The SMILES string of the molecule is C[n+]1c2ccccc2c(Nc2ccccc2)c2cc(N)ccc21. The van der Waals surface area contributed by atoms with Crippen molar-refractivity contribution < 1.29 is 4.57 Å². The van der Waals surface area contributed by atoms with E-state index in [1.165, 1.54) is 10.9 Å². The summed E-state index contributed by atoms with van der Waals surface area (Å²) in [5.74, 6) is 0. The number of benzene rings is 3. The number of aromatic nitrogens is 1. The van der Waals surface area contributed by atoms with Crippen molar-refractivity contribution >= 4 is 38.9 Å². The van der Waals surface area contributed by atoms with Gasteiger partial charge in [-0.2, -0.15) is 4.57 Å². The van der Waals surface area contributed by atoms with Crippen LogP contribution in [-0.2, 0) is 7.05 Å². The van der Waals surface area contributed by atoms with E-state index < -0.39 is 0 Å². The van der Waals surface area contributed by atoms with Crippen LogP contribution in [0.3, 0.4) is 0 Å². The van der Waals surface area contributed by atoms with E-state index in [2.05, 4.69) is 59.4 Å². The van der Waals surface area contributed by atoms with Crippen molar-refractivity contribution in [1.82, 2.24) is 0 Å². The van der Waals surface area contributed by atoms with Crippen molar-refractivity contribution in [2.45, 2.75) is 0 Å². The summed E-state index contributed by atoms with van der Waals surface area (Å²) in [7, 11) is 2.09. The molecule has 0 atom stereocenters. The predicted octanol–water partition coefficient (Wildman–Crippen LogP) is 4.14. The first kappa shape index (κ1) is 13.6. The van der Waals surface area contributed by atoms with Gasteiger partial charge >= 0.3 is 0 Å². The normalized spacial score (nSPS) is 11.0. The summed E-state index contributed by atoms with van der Waals surface area (Å²) in [5.41, 5.74) is 11.3. The third-order valence-electron chi connectivity index (χ3n) is 4.23. The standard InChI is InChI=1S/C20H17N3/c1-23-18-10-6-5-9-16(18)20(22-15-7-3-2-4-8-15)17-13-14(21)11-12-19(17)23/h2-13H,21H2,1H3/p+1. The minimum absolute atomic E-state index is 0.767. The Morgan fingerprint density at radius 3 is 2.30 bits per heavy atom. The maximum Gasteiger partial charge on any atom is 0.215 e. The summed E-state index contributed by atoms with van der Waals surface area (Å²) in [6.07, 6.45) is 0. The Balaban J connectivity index is 2.09. The lowest BCUT2D eigenvalue weighted by Gasteiger charge is -2.13. The fourth-order valence-electron chi connectivity index (χ4n) is 3.10. The van der Waals surface area contributed by atoms with Crippen LogP contribution >= 0.6 is 0 Å². The molecule has 3 N–H and O–H groups in total. The van der Waals surface area contributed by atoms with Gasteiger partial charge in [0.05, 0.1) is 16.5 Å². The summed E-state index contributed by atoms with van der Waals surface area (Å²) in [6, 6.07) is 24.7. The molecule has 4 rings (SSSR count). The van der Waals surface area contributed by atoms with E-state index in [4.69, 9.17) is 5.73 Å². The van der Waals surface area contributed by atoms with Crippen molar-refractivity contribution in [2.24, 2.45) is 7.05 Å². The number of hydrogen-bond acceptors (Lipinski definition) is 2. The number of nitrogens with two attached hydrogens (primary N) is 1. The Morgan fingerprint density at radius 1 is 0.783 bits per heavy atom. The zero-order valence-corrected chi connectivity index (χ0v) is 13.0. The quantitative estimate of drug-likeness (QED) is 0.332. The number of nitrogen functional groups attached to an aromatic ring is 1. The number of nitrogens with zero attached hydrogens (tertiary/aromatic N) is 1. The Bertz CT molecular complexity index is 1010. The smallest absolute Gasteiger partial charge is 0.215 e. The number of para-hydroxylation sites is 2. The second-order valence-electron chi connectivity index (χ2n) is 5.72. The summed E-state index contributed by atoms with van der Waals surface area (Å²) >= 11 is 0. The summed E-state index contributed by atoms with van der Waals surface area (Å²) in [6.45, 7) is 0. The Hall–Kier alpha value is -3.07. The van der Waals surface area contributed by atoms with Gasteiger partial charge in [-0.15, -0.1) is 0 Å². The van der Waals surface area contributed by atoms with Gasteiger partial charge in [0, 0.05) is 23.5 Å². The van der Waals surface area contributed by atoms with Crippen molar-refractivity contribution in [3.63, 3.8) is 0 Å². The highest BCUT2D eigenvalue weighted by atomic mass is 15.0. The van der Waals surface area contributed by atoms with Crippen LogP contribution in [0.15, 0.2) is 72.8 Å². The predicted molar refractivity (Wildman–Crippen MR) is 96.8 cm³/mol. The number of aryl methyl sites for hydroxylation is 1. The van der Waals surface area contributed by atoms with Gasteiger partial charge in [0.2, 0.25) is 11.0 Å².